The minimum absolute atomic E-state index is 0.0462. The largest absolute Gasteiger partial charge is 0.512 e. The number of aliphatic hydroxyl groups is 1. The molecule has 0 aliphatic carbocycles. The van der Waals surface area contributed by atoms with Gasteiger partial charge in [0.1, 0.15) is 36.2 Å². The van der Waals surface area contributed by atoms with Gasteiger partial charge in [0, 0.05) is 11.8 Å². The summed E-state index contributed by atoms with van der Waals surface area (Å²) in [5.74, 6) is 9.03. The van der Waals surface area contributed by atoms with Crippen LogP contribution in [0.4, 0.5) is 0 Å². The Labute approximate surface area is 147 Å². The zero-order valence-electron chi connectivity index (χ0n) is 14.1. The van der Waals surface area contributed by atoms with Gasteiger partial charge in [0.05, 0.1) is 0 Å². The van der Waals surface area contributed by atoms with Crippen LogP contribution in [0.25, 0.3) is 0 Å². The van der Waals surface area contributed by atoms with E-state index in [1.54, 1.807) is 23.7 Å². The van der Waals surface area contributed by atoms with Gasteiger partial charge in [-0.1, -0.05) is 18.7 Å². The second-order valence-corrected chi connectivity index (χ2v) is 6.50. The average Bonchev–Trinajstić information content (AvgIpc) is 2.86. The molecule has 1 heterocycles. The maximum atomic E-state index is 8.85. The summed E-state index contributed by atoms with van der Waals surface area (Å²) < 4.78 is 11.4. The molecule has 1 aromatic carbocycles. The van der Waals surface area contributed by atoms with Crippen molar-refractivity contribution in [3.63, 3.8) is 0 Å². The quantitative estimate of drug-likeness (QED) is 0.551. The molecule has 24 heavy (non-hydrogen) atoms. The van der Waals surface area contributed by atoms with E-state index < -0.39 is 0 Å². The van der Waals surface area contributed by atoms with Crippen LogP contribution in [-0.4, -0.2) is 28.2 Å². The normalized spacial score (nSPS) is 17.9. The highest BCUT2D eigenvalue weighted by molar-refractivity contribution is 7.98. The monoisotopic (exact) mass is 348 g/mol. The molecule has 0 unspecified atom stereocenters. The van der Waals surface area contributed by atoms with Gasteiger partial charge in [-0.2, -0.15) is 11.8 Å². The summed E-state index contributed by atoms with van der Waals surface area (Å²) in [6.45, 7) is 6.08. The lowest BCUT2D eigenvalue weighted by molar-refractivity contribution is 0.148. The number of aliphatic hydroxyl groups excluding tert-OH is 1. The number of thioether (sulfide) groups is 1. The fraction of sp³-hybridized carbons (Fsp3) is 0.333. The molecule has 0 fully saturated rings. The average molecular weight is 348 g/mol. The van der Waals surface area contributed by atoms with Crippen LogP contribution in [0.15, 0.2) is 60.4 Å². The van der Waals surface area contributed by atoms with E-state index in [1.165, 1.54) is 0 Å². The number of hydrazine groups is 1. The van der Waals surface area contributed by atoms with Gasteiger partial charge in [-0.15, -0.1) is 0 Å². The predicted molar refractivity (Wildman–Crippen MR) is 98.3 cm³/mol. The van der Waals surface area contributed by atoms with Crippen molar-refractivity contribution in [2.45, 2.75) is 26.0 Å². The SMILES string of the molecule is C=C1C=C(OCc2ccc(O/C(C)=C\O)cc2)[C@H](CCSC)N1N. The predicted octanol–water partition coefficient (Wildman–Crippen LogP) is 3.71. The van der Waals surface area contributed by atoms with E-state index in [9.17, 15) is 0 Å². The van der Waals surface area contributed by atoms with E-state index >= 15 is 0 Å². The molecule has 5 nitrogen and oxygen atoms in total. The summed E-state index contributed by atoms with van der Waals surface area (Å²) in [5.41, 5.74) is 1.80. The lowest BCUT2D eigenvalue weighted by Gasteiger charge is -2.24. The lowest BCUT2D eigenvalue weighted by Crippen LogP contribution is -2.37. The number of rotatable bonds is 8. The van der Waals surface area contributed by atoms with Gasteiger partial charge in [0.25, 0.3) is 0 Å². The third-order valence-electron chi connectivity index (χ3n) is 3.69. The topological polar surface area (TPSA) is 68.0 Å². The van der Waals surface area contributed by atoms with Crippen molar-refractivity contribution >= 4 is 11.8 Å². The van der Waals surface area contributed by atoms with Gasteiger partial charge in [0.2, 0.25) is 0 Å². The molecule has 0 amide bonds. The Morgan fingerprint density at radius 3 is 2.75 bits per heavy atom. The van der Waals surface area contributed by atoms with Crippen molar-refractivity contribution in [2.75, 3.05) is 12.0 Å². The van der Waals surface area contributed by atoms with Crippen LogP contribution in [0.5, 0.6) is 5.75 Å². The third kappa shape index (κ3) is 4.72. The summed E-state index contributed by atoms with van der Waals surface area (Å²) in [6.07, 6.45) is 5.83. The smallest absolute Gasteiger partial charge is 0.135 e. The van der Waals surface area contributed by atoms with E-state index in [-0.39, 0.29) is 6.04 Å². The van der Waals surface area contributed by atoms with Crippen LogP contribution in [-0.2, 0) is 11.3 Å². The van der Waals surface area contributed by atoms with Crippen LogP contribution >= 0.6 is 11.8 Å². The molecule has 6 heteroatoms. The maximum absolute atomic E-state index is 8.85. The van der Waals surface area contributed by atoms with E-state index in [0.29, 0.717) is 18.1 Å². The molecule has 1 aromatic rings. The van der Waals surface area contributed by atoms with E-state index in [2.05, 4.69) is 12.8 Å². The van der Waals surface area contributed by atoms with E-state index in [1.807, 2.05) is 30.3 Å². The Kier molecular flexibility index (Phi) is 6.63. The Bertz CT molecular complexity index is 626. The van der Waals surface area contributed by atoms with Crippen molar-refractivity contribution in [1.82, 2.24) is 5.01 Å². The number of hydrogen-bond acceptors (Lipinski definition) is 6. The summed E-state index contributed by atoms with van der Waals surface area (Å²) in [5, 5.41) is 10.5. The fourth-order valence-electron chi connectivity index (χ4n) is 2.35. The number of allylic oxidation sites excluding steroid dienone is 2. The number of hydrogen-bond donors (Lipinski definition) is 2. The molecule has 3 N–H and O–H groups in total. The third-order valence-corrected chi connectivity index (χ3v) is 4.33. The van der Waals surface area contributed by atoms with Crippen molar-refractivity contribution in [1.29, 1.82) is 0 Å². The fourth-order valence-corrected chi connectivity index (χ4v) is 2.81. The van der Waals surface area contributed by atoms with Gasteiger partial charge in [-0.05, 0) is 43.0 Å². The number of nitrogens with zero attached hydrogens (tertiary/aromatic N) is 1. The summed E-state index contributed by atoms with van der Waals surface area (Å²) in [7, 11) is 0. The van der Waals surface area contributed by atoms with Crippen molar-refractivity contribution in [3.8, 4) is 5.75 Å². The summed E-state index contributed by atoms with van der Waals surface area (Å²) >= 11 is 1.79. The zero-order valence-corrected chi connectivity index (χ0v) is 14.9. The molecule has 0 aromatic heterocycles. The maximum Gasteiger partial charge on any atom is 0.135 e. The van der Waals surface area contributed by atoms with E-state index in [4.69, 9.17) is 20.4 Å². The van der Waals surface area contributed by atoms with Crippen molar-refractivity contribution in [3.05, 3.63) is 66.0 Å². The molecule has 0 radical (unpaired) electrons. The summed E-state index contributed by atoms with van der Waals surface area (Å²) in [4.78, 5) is 0. The van der Waals surface area contributed by atoms with Crippen LogP contribution in [0, 0.1) is 0 Å². The first kappa shape index (κ1) is 18.3. The number of ether oxygens (including phenoxy) is 2. The first-order valence-corrected chi connectivity index (χ1v) is 9.08. The van der Waals surface area contributed by atoms with Crippen molar-refractivity contribution in [2.24, 2.45) is 5.84 Å². The van der Waals surface area contributed by atoms with Gasteiger partial charge in [-0.25, -0.2) is 5.84 Å². The molecule has 1 aliphatic heterocycles. The standard InChI is InChI=1S/C18H24N2O3S/c1-13-10-18(17(20(13)19)8-9-24-3)22-12-15-4-6-16(7-5-15)23-14(2)11-21/h4-7,10-11,17,21H,1,8-9,12,19H2,2-3H3/b14-11-/t17-/m0/s1. The molecule has 2 rings (SSSR count). The molecular formula is C18H24N2O3S. The molecule has 0 bridgehead atoms. The van der Waals surface area contributed by atoms with E-state index in [0.717, 1.165) is 35.5 Å². The Morgan fingerprint density at radius 2 is 2.12 bits per heavy atom. The van der Waals surface area contributed by atoms with Crippen LogP contribution in [0.3, 0.4) is 0 Å². The number of benzene rings is 1. The second kappa shape index (κ2) is 8.70. The lowest BCUT2D eigenvalue weighted by atomic mass is 10.2. The van der Waals surface area contributed by atoms with Crippen molar-refractivity contribution < 1.29 is 14.6 Å². The minimum Gasteiger partial charge on any atom is -0.512 e. The molecule has 130 valence electrons. The Balaban J connectivity index is 1.94. The van der Waals surface area contributed by atoms with Gasteiger partial charge in [0.15, 0.2) is 0 Å². The first-order chi connectivity index (χ1) is 11.5. The Morgan fingerprint density at radius 1 is 1.42 bits per heavy atom. The van der Waals surface area contributed by atoms with Gasteiger partial charge in [-0.3, -0.25) is 0 Å². The molecule has 0 saturated heterocycles. The first-order valence-electron chi connectivity index (χ1n) is 7.69. The zero-order chi connectivity index (χ0) is 17.5. The van der Waals surface area contributed by atoms with Crippen LogP contribution < -0.4 is 10.6 Å². The number of nitrogens with two attached hydrogens (primary N) is 1. The highest BCUT2D eigenvalue weighted by Gasteiger charge is 2.28. The molecule has 0 saturated carbocycles. The second-order valence-electron chi connectivity index (χ2n) is 5.52. The molecule has 1 atom stereocenters. The molecular weight excluding hydrogens is 324 g/mol. The molecule has 0 spiro atoms. The summed E-state index contributed by atoms with van der Waals surface area (Å²) in [6, 6.07) is 7.59. The molecule has 1 aliphatic rings. The Hall–Kier alpha value is -2.05. The van der Waals surface area contributed by atoms with Gasteiger partial charge >= 0.3 is 0 Å². The highest BCUT2D eigenvalue weighted by Crippen LogP contribution is 2.27. The van der Waals surface area contributed by atoms with Gasteiger partial charge < -0.3 is 19.6 Å². The highest BCUT2D eigenvalue weighted by atomic mass is 32.2. The van der Waals surface area contributed by atoms with Crippen LogP contribution in [0.2, 0.25) is 0 Å². The minimum atomic E-state index is 0.0462. The van der Waals surface area contributed by atoms with Crippen LogP contribution in [0.1, 0.15) is 18.9 Å².